The summed E-state index contributed by atoms with van der Waals surface area (Å²) in [6.45, 7) is 5.92. The summed E-state index contributed by atoms with van der Waals surface area (Å²) < 4.78 is 1.79. The highest BCUT2D eigenvalue weighted by atomic mass is 35.5. The highest BCUT2D eigenvalue weighted by molar-refractivity contribution is 7.99. The fourth-order valence-electron chi connectivity index (χ4n) is 2.35. The SMILES string of the molecule is CCSc1nc(C)nc2c(-c3ccc(Cl)cc3Cl)c(C)nn12. The molecule has 0 radical (unpaired) electrons. The van der Waals surface area contributed by atoms with E-state index in [0.29, 0.717) is 10.0 Å². The molecule has 0 N–H and O–H groups in total. The van der Waals surface area contributed by atoms with Gasteiger partial charge in [0.1, 0.15) is 5.82 Å². The van der Waals surface area contributed by atoms with Crippen molar-refractivity contribution in [3.05, 3.63) is 39.8 Å². The summed E-state index contributed by atoms with van der Waals surface area (Å²) in [5, 5.41) is 6.63. The Morgan fingerprint density at radius 2 is 1.95 bits per heavy atom. The van der Waals surface area contributed by atoms with Crippen LogP contribution in [0.5, 0.6) is 0 Å². The fourth-order valence-corrected chi connectivity index (χ4v) is 3.55. The molecule has 0 saturated heterocycles. The summed E-state index contributed by atoms with van der Waals surface area (Å²) in [4.78, 5) is 9.04. The predicted molar refractivity (Wildman–Crippen MR) is 92.1 cm³/mol. The van der Waals surface area contributed by atoms with E-state index in [1.165, 1.54) is 0 Å². The van der Waals surface area contributed by atoms with Gasteiger partial charge in [-0.25, -0.2) is 9.97 Å². The monoisotopic (exact) mass is 352 g/mol. The van der Waals surface area contributed by atoms with E-state index < -0.39 is 0 Å². The van der Waals surface area contributed by atoms with Crippen molar-refractivity contribution in [2.75, 3.05) is 5.75 Å². The molecule has 3 rings (SSSR count). The van der Waals surface area contributed by atoms with Gasteiger partial charge in [0.15, 0.2) is 10.8 Å². The van der Waals surface area contributed by atoms with Crippen LogP contribution in [0, 0.1) is 13.8 Å². The van der Waals surface area contributed by atoms with Crippen molar-refractivity contribution >= 4 is 40.6 Å². The van der Waals surface area contributed by atoms with Crippen molar-refractivity contribution in [2.45, 2.75) is 25.9 Å². The maximum atomic E-state index is 6.36. The first kappa shape index (κ1) is 15.6. The van der Waals surface area contributed by atoms with Gasteiger partial charge in [0, 0.05) is 10.6 Å². The number of aromatic nitrogens is 4. The topological polar surface area (TPSA) is 43.1 Å². The zero-order valence-electron chi connectivity index (χ0n) is 12.4. The molecule has 0 bridgehead atoms. The second-order valence-corrected chi connectivity index (χ2v) is 6.88. The molecule has 2 aromatic heterocycles. The Kier molecular flexibility index (Phi) is 4.30. The van der Waals surface area contributed by atoms with Gasteiger partial charge in [-0.1, -0.05) is 48.0 Å². The number of aryl methyl sites for hydroxylation is 2. The third kappa shape index (κ3) is 2.69. The number of thioether (sulfide) groups is 1. The quantitative estimate of drug-likeness (QED) is 0.633. The van der Waals surface area contributed by atoms with Gasteiger partial charge in [0.05, 0.1) is 16.3 Å². The minimum Gasteiger partial charge on any atom is -0.213 e. The molecule has 0 aliphatic carbocycles. The lowest BCUT2D eigenvalue weighted by molar-refractivity contribution is 0.746. The molecule has 0 amide bonds. The second kappa shape index (κ2) is 6.07. The first-order valence-electron chi connectivity index (χ1n) is 6.83. The first-order chi connectivity index (χ1) is 10.5. The van der Waals surface area contributed by atoms with Gasteiger partial charge in [0.25, 0.3) is 0 Å². The molecule has 0 atom stereocenters. The van der Waals surface area contributed by atoms with Crippen LogP contribution in [-0.2, 0) is 0 Å². The van der Waals surface area contributed by atoms with Crippen LogP contribution in [0.25, 0.3) is 16.8 Å². The van der Waals surface area contributed by atoms with Gasteiger partial charge < -0.3 is 0 Å². The van der Waals surface area contributed by atoms with Crippen molar-refractivity contribution in [3.8, 4) is 11.1 Å². The summed E-state index contributed by atoms with van der Waals surface area (Å²) in [7, 11) is 0. The molecular weight excluding hydrogens is 339 g/mol. The number of halogens is 2. The second-order valence-electron chi connectivity index (χ2n) is 4.81. The molecule has 3 aromatic rings. The van der Waals surface area contributed by atoms with E-state index in [0.717, 1.165) is 39.2 Å². The van der Waals surface area contributed by atoms with E-state index in [1.807, 2.05) is 26.0 Å². The summed E-state index contributed by atoms with van der Waals surface area (Å²) in [5.74, 6) is 1.64. The Labute approximate surface area is 142 Å². The summed E-state index contributed by atoms with van der Waals surface area (Å²) in [6.07, 6.45) is 0. The number of hydrogen-bond acceptors (Lipinski definition) is 4. The maximum Gasteiger partial charge on any atom is 0.192 e. The Hall–Kier alpha value is -1.30. The van der Waals surface area contributed by atoms with Crippen LogP contribution >= 0.6 is 35.0 Å². The summed E-state index contributed by atoms with van der Waals surface area (Å²) in [6, 6.07) is 5.46. The van der Waals surface area contributed by atoms with Crippen LogP contribution in [0.1, 0.15) is 18.4 Å². The van der Waals surface area contributed by atoms with Gasteiger partial charge >= 0.3 is 0 Å². The molecule has 22 heavy (non-hydrogen) atoms. The fraction of sp³-hybridized carbons (Fsp3) is 0.267. The third-order valence-corrected chi connectivity index (χ3v) is 4.58. The van der Waals surface area contributed by atoms with Crippen LogP contribution in [0.4, 0.5) is 0 Å². The Morgan fingerprint density at radius 1 is 1.18 bits per heavy atom. The number of hydrogen-bond donors (Lipinski definition) is 0. The number of fused-ring (bicyclic) bond motifs is 1. The van der Waals surface area contributed by atoms with Crippen molar-refractivity contribution in [1.82, 2.24) is 19.6 Å². The third-order valence-electron chi connectivity index (χ3n) is 3.22. The van der Waals surface area contributed by atoms with Crippen LogP contribution in [0.2, 0.25) is 10.0 Å². The van der Waals surface area contributed by atoms with E-state index in [2.05, 4.69) is 22.0 Å². The average molecular weight is 353 g/mol. The standard InChI is InChI=1S/C15H14Cl2N4S/c1-4-22-15-19-9(3)18-14-13(8(2)20-21(14)15)11-6-5-10(16)7-12(11)17/h5-7H,4H2,1-3H3. The number of benzene rings is 1. The number of rotatable bonds is 3. The van der Waals surface area contributed by atoms with E-state index in [4.69, 9.17) is 23.2 Å². The normalized spacial score (nSPS) is 11.3. The summed E-state index contributed by atoms with van der Waals surface area (Å²) >= 11 is 14.0. The Bertz CT molecular complexity index is 860. The average Bonchev–Trinajstić information content (AvgIpc) is 2.76. The van der Waals surface area contributed by atoms with E-state index in [9.17, 15) is 0 Å². The van der Waals surface area contributed by atoms with E-state index in [-0.39, 0.29) is 0 Å². The van der Waals surface area contributed by atoms with Gasteiger partial charge in [-0.2, -0.15) is 9.61 Å². The van der Waals surface area contributed by atoms with E-state index in [1.54, 1.807) is 22.3 Å². The Balaban J connectivity index is 2.32. The molecular formula is C15H14Cl2N4S. The minimum absolute atomic E-state index is 0.589. The van der Waals surface area contributed by atoms with Crippen LogP contribution in [0.15, 0.2) is 23.4 Å². The largest absolute Gasteiger partial charge is 0.213 e. The van der Waals surface area contributed by atoms with Gasteiger partial charge in [-0.05, 0) is 31.7 Å². The maximum absolute atomic E-state index is 6.36. The molecule has 7 heteroatoms. The molecule has 4 nitrogen and oxygen atoms in total. The molecule has 114 valence electrons. The highest BCUT2D eigenvalue weighted by Gasteiger charge is 2.18. The van der Waals surface area contributed by atoms with E-state index >= 15 is 0 Å². The smallest absolute Gasteiger partial charge is 0.192 e. The molecule has 0 aliphatic heterocycles. The molecule has 0 aliphatic rings. The molecule has 1 aromatic carbocycles. The van der Waals surface area contributed by atoms with Gasteiger partial charge in [-0.15, -0.1) is 0 Å². The predicted octanol–water partition coefficient (Wildman–Crippen LogP) is 4.83. The molecule has 0 unspecified atom stereocenters. The van der Waals surface area contributed by atoms with Crippen molar-refractivity contribution in [1.29, 1.82) is 0 Å². The minimum atomic E-state index is 0.589. The van der Waals surface area contributed by atoms with Crippen molar-refractivity contribution < 1.29 is 0 Å². The molecule has 2 heterocycles. The molecule has 0 spiro atoms. The Morgan fingerprint density at radius 3 is 2.64 bits per heavy atom. The lowest BCUT2D eigenvalue weighted by atomic mass is 10.1. The van der Waals surface area contributed by atoms with Crippen LogP contribution in [0.3, 0.4) is 0 Å². The van der Waals surface area contributed by atoms with Crippen LogP contribution in [-0.4, -0.2) is 25.3 Å². The molecule has 0 fully saturated rings. The zero-order valence-corrected chi connectivity index (χ0v) is 14.7. The van der Waals surface area contributed by atoms with Crippen molar-refractivity contribution in [2.24, 2.45) is 0 Å². The molecule has 0 saturated carbocycles. The van der Waals surface area contributed by atoms with Gasteiger partial charge in [-0.3, -0.25) is 0 Å². The first-order valence-corrected chi connectivity index (χ1v) is 8.57. The number of nitrogens with zero attached hydrogens (tertiary/aromatic N) is 4. The zero-order chi connectivity index (χ0) is 15.9. The lowest BCUT2D eigenvalue weighted by Gasteiger charge is -2.06. The van der Waals surface area contributed by atoms with Crippen LogP contribution < -0.4 is 0 Å². The van der Waals surface area contributed by atoms with Crippen molar-refractivity contribution in [3.63, 3.8) is 0 Å². The van der Waals surface area contributed by atoms with Gasteiger partial charge in [0.2, 0.25) is 0 Å². The summed E-state index contributed by atoms with van der Waals surface area (Å²) in [5.41, 5.74) is 3.43. The highest BCUT2D eigenvalue weighted by Crippen LogP contribution is 2.35. The lowest BCUT2D eigenvalue weighted by Crippen LogP contribution is -2.01.